The van der Waals surface area contributed by atoms with Crippen LogP contribution in [-0.4, -0.2) is 71.6 Å². The Kier molecular flexibility index (Phi) is 14.3. The molecular weight excluding hydrogens is 654 g/mol. The van der Waals surface area contributed by atoms with Crippen molar-refractivity contribution in [1.29, 1.82) is 0 Å². The number of hydrogen-bond donors (Lipinski definition) is 3. The number of unbranched alkanes of at least 4 members (excludes halogenated alkanes) is 11. The third-order valence-corrected chi connectivity index (χ3v) is 11.6. The van der Waals surface area contributed by atoms with E-state index in [9.17, 15) is 24.0 Å². The number of carbonyl (C=O) groups is 5. The number of carbonyl (C=O) groups excluding carboxylic acids is 5. The molecule has 282 valence electrons. The van der Waals surface area contributed by atoms with Crippen molar-refractivity contribution in [2.75, 3.05) is 26.2 Å². The van der Waals surface area contributed by atoms with Crippen molar-refractivity contribution in [1.82, 2.24) is 15.1 Å². The van der Waals surface area contributed by atoms with E-state index >= 15 is 0 Å². The lowest BCUT2D eigenvalue weighted by atomic mass is 9.86. The standard InChI is InChI=1S/C42H59N5O5/c1-2-3-4-5-6-7-8-9-10-11-12-16-24-45-40(50)32-23-25-46(27-32)41(51)30-19-21-31(22-20-30)42(52)47-28-35(38(43)48)36(39(44)49)37(47)34-26-33(34)29-17-14-13-15-18-29/h13-15,17-22,32-37H,2-12,16,23-28H2,1H3,(H2,43,48)(H2,44,49)(H,45,50)/t32?,33-,34-,35?,36?,37?/m0/s1. The number of rotatable bonds is 20. The fraction of sp³-hybridized carbons (Fsp3) is 0.595. The maximum absolute atomic E-state index is 13.9. The Morgan fingerprint density at radius 3 is 1.87 bits per heavy atom. The van der Waals surface area contributed by atoms with Crippen LogP contribution >= 0.6 is 0 Å². The Hall–Kier alpha value is -4.21. The monoisotopic (exact) mass is 713 g/mol. The Bertz CT molecular complexity index is 1510. The van der Waals surface area contributed by atoms with Crippen LogP contribution in [0.15, 0.2) is 54.6 Å². The molecule has 1 aliphatic carbocycles. The van der Waals surface area contributed by atoms with Gasteiger partial charge in [-0.2, -0.15) is 0 Å². The molecular formula is C42H59N5O5. The van der Waals surface area contributed by atoms with Gasteiger partial charge in [-0.15, -0.1) is 0 Å². The minimum absolute atomic E-state index is 0.00758. The molecule has 0 bridgehead atoms. The van der Waals surface area contributed by atoms with Crippen molar-refractivity contribution in [2.24, 2.45) is 35.1 Å². The number of amides is 5. The summed E-state index contributed by atoms with van der Waals surface area (Å²) < 4.78 is 0. The van der Waals surface area contributed by atoms with Crippen molar-refractivity contribution in [3.05, 3.63) is 71.3 Å². The van der Waals surface area contributed by atoms with Crippen LogP contribution in [0.1, 0.15) is 129 Å². The van der Waals surface area contributed by atoms with Crippen molar-refractivity contribution in [3.63, 3.8) is 0 Å². The molecule has 0 aromatic heterocycles. The predicted octanol–water partition coefficient (Wildman–Crippen LogP) is 5.80. The molecule has 5 N–H and O–H groups in total. The summed E-state index contributed by atoms with van der Waals surface area (Å²) in [5.74, 6) is -3.63. The molecule has 0 spiro atoms. The molecule has 2 aromatic carbocycles. The second-order valence-corrected chi connectivity index (χ2v) is 15.3. The summed E-state index contributed by atoms with van der Waals surface area (Å²) >= 11 is 0. The number of hydrogen-bond acceptors (Lipinski definition) is 5. The smallest absolute Gasteiger partial charge is 0.254 e. The van der Waals surface area contributed by atoms with Gasteiger partial charge in [0, 0.05) is 43.3 Å². The minimum atomic E-state index is -0.870. The zero-order valence-electron chi connectivity index (χ0n) is 31.0. The molecule has 2 aromatic rings. The third kappa shape index (κ3) is 10.0. The number of nitrogens with zero attached hydrogens (tertiary/aromatic N) is 2. The molecule has 5 amide bonds. The fourth-order valence-corrected chi connectivity index (χ4v) is 8.49. The van der Waals surface area contributed by atoms with Crippen LogP contribution in [0.4, 0.5) is 0 Å². The summed E-state index contributed by atoms with van der Waals surface area (Å²) in [4.78, 5) is 68.6. The van der Waals surface area contributed by atoms with Gasteiger partial charge in [0.25, 0.3) is 11.8 Å². The molecule has 2 saturated heterocycles. The number of benzene rings is 2. The first kappa shape index (κ1) is 39.0. The second-order valence-electron chi connectivity index (χ2n) is 15.3. The van der Waals surface area contributed by atoms with Crippen molar-refractivity contribution >= 4 is 29.5 Å². The van der Waals surface area contributed by atoms with Crippen LogP contribution in [0.5, 0.6) is 0 Å². The van der Waals surface area contributed by atoms with E-state index in [1.54, 1.807) is 34.1 Å². The maximum Gasteiger partial charge on any atom is 0.254 e. The van der Waals surface area contributed by atoms with E-state index in [0.717, 1.165) is 24.8 Å². The third-order valence-electron chi connectivity index (χ3n) is 11.6. The van der Waals surface area contributed by atoms with Crippen LogP contribution in [0, 0.1) is 23.7 Å². The molecule has 1 saturated carbocycles. The zero-order chi connectivity index (χ0) is 37.0. The van der Waals surface area contributed by atoms with Gasteiger partial charge in [0.15, 0.2) is 0 Å². The average molecular weight is 714 g/mol. The molecule has 6 atom stereocenters. The van der Waals surface area contributed by atoms with Crippen molar-refractivity contribution < 1.29 is 24.0 Å². The van der Waals surface area contributed by atoms with Crippen LogP contribution in [0.2, 0.25) is 0 Å². The van der Waals surface area contributed by atoms with Gasteiger partial charge in [0.2, 0.25) is 17.7 Å². The van der Waals surface area contributed by atoms with E-state index in [-0.39, 0.29) is 42.0 Å². The largest absolute Gasteiger partial charge is 0.369 e. The Morgan fingerprint density at radius 1 is 0.712 bits per heavy atom. The number of primary amides is 2. The van der Waals surface area contributed by atoms with E-state index in [2.05, 4.69) is 12.2 Å². The Morgan fingerprint density at radius 2 is 1.29 bits per heavy atom. The first-order valence-corrected chi connectivity index (χ1v) is 19.8. The lowest BCUT2D eigenvalue weighted by Gasteiger charge is -2.28. The van der Waals surface area contributed by atoms with Gasteiger partial charge in [0.05, 0.1) is 17.8 Å². The van der Waals surface area contributed by atoms with Gasteiger partial charge < -0.3 is 26.6 Å². The highest BCUT2D eigenvalue weighted by atomic mass is 16.2. The molecule has 5 rings (SSSR count). The maximum atomic E-state index is 13.9. The lowest BCUT2D eigenvalue weighted by Crippen LogP contribution is -2.44. The average Bonchev–Trinajstić information content (AvgIpc) is 3.58. The first-order chi connectivity index (χ1) is 25.2. The first-order valence-electron chi connectivity index (χ1n) is 19.8. The van der Waals surface area contributed by atoms with Crippen LogP contribution in [-0.2, 0) is 14.4 Å². The van der Waals surface area contributed by atoms with Gasteiger partial charge in [-0.1, -0.05) is 108 Å². The molecule has 3 aliphatic rings. The number of nitrogens with two attached hydrogens (primary N) is 2. The molecule has 10 nitrogen and oxygen atoms in total. The summed E-state index contributed by atoms with van der Waals surface area (Å²) in [5, 5.41) is 3.08. The Labute approximate surface area is 309 Å². The predicted molar refractivity (Wildman–Crippen MR) is 202 cm³/mol. The summed E-state index contributed by atoms with van der Waals surface area (Å²) in [6.45, 7) is 3.80. The summed E-state index contributed by atoms with van der Waals surface area (Å²) in [6.07, 6.45) is 16.7. The van der Waals surface area contributed by atoms with Crippen molar-refractivity contribution in [2.45, 2.75) is 109 Å². The fourth-order valence-electron chi connectivity index (χ4n) is 8.49. The van der Waals surface area contributed by atoms with Gasteiger partial charge >= 0.3 is 0 Å². The molecule has 2 aliphatic heterocycles. The molecule has 52 heavy (non-hydrogen) atoms. The van der Waals surface area contributed by atoms with Crippen molar-refractivity contribution in [3.8, 4) is 0 Å². The highest BCUT2D eigenvalue weighted by Gasteiger charge is 2.58. The van der Waals surface area contributed by atoms with Crippen LogP contribution < -0.4 is 16.8 Å². The van der Waals surface area contributed by atoms with Gasteiger partial charge in [-0.05, 0) is 60.9 Å². The number of likely N-dealkylation sites (tertiary alicyclic amines) is 2. The van der Waals surface area contributed by atoms with Crippen LogP contribution in [0.3, 0.4) is 0 Å². The Balaban J connectivity index is 1.07. The van der Waals surface area contributed by atoms with Crippen LogP contribution in [0.25, 0.3) is 0 Å². The zero-order valence-corrected chi connectivity index (χ0v) is 31.0. The highest BCUT2D eigenvalue weighted by molar-refractivity contribution is 5.99. The molecule has 4 unspecified atom stereocenters. The minimum Gasteiger partial charge on any atom is -0.369 e. The summed E-state index contributed by atoms with van der Waals surface area (Å²) in [6, 6.07) is 15.8. The molecule has 10 heteroatoms. The van der Waals surface area contributed by atoms with E-state index in [1.165, 1.54) is 64.2 Å². The SMILES string of the molecule is CCCCCCCCCCCCCCNC(=O)C1CCN(C(=O)c2ccc(C(=O)N3CC(C(N)=O)C(C(N)=O)C3[C@H]3C[C@H]3c3ccccc3)cc2)C1. The highest BCUT2D eigenvalue weighted by Crippen LogP contribution is 2.55. The number of nitrogens with one attached hydrogen (secondary N) is 1. The molecule has 3 fully saturated rings. The second kappa shape index (κ2) is 19.0. The van der Waals surface area contributed by atoms with E-state index in [4.69, 9.17) is 11.5 Å². The normalized spacial score (nSPS) is 23.8. The lowest BCUT2D eigenvalue weighted by molar-refractivity contribution is -0.130. The molecule has 0 radical (unpaired) electrons. The quantitative estimate of drug-likeness (QED) is 0.148. The van der Waals surface area contributed by atoms with E-state index in [0.29, 0.717) is 37.2 Å². The molecule has 2 heterocycles. The van der Waals surface area contributed by atoms with Gasteiger partial charge in [-0.25, -0.2) is 0 Å². The van der Waals surface area contributed by atoms with E-state index in [1.807, 2.05) is 30.3 Å². The van der Waals surface area contributed by atoms with Gasteiger partial charge in [-0.3, -0.25) is 24.0 Å². The van der Waals surface area contributed by atoms with Gasteiger partial charge in [0.1, 0.15) is 0 Å². The van der Waals surface area contributed by atoms with E-state index < -0.39 is 29.7 Å². The summed E-state index contributed by atoms with van der Waals surface area (Å²) in [7, 11) is 0. The summed E-state index contributed by atoms with van der Waals surface area (Å²) in [5.41, 5.74) is 13.4. The topological polar surface area (TPSA) is 156 Å².